The highest BCUT2D eigenvalue weighted by Gasteiger charge is 2.44. The third-order valence-corrected chi connectivity index (χ3v) is 5.50. The summed E-state index contributed by atoms with van der Waals surface area (Å²) in [5.41, 5.74) is 3.12. The highest BCUT2D eigenvalue weighted by Crippen LogP contribution is 2.47. The Hall–Kier alpha value is -2.60. The number of benzene rings is 1. The minimum atomic E-state index is -1.20. The Bertz CT molecular complexity index is 961. The number of carboxylic acid groups (broad SMARTS) is 1. The smallest absolute Gasteiger partial charge is 0.341 e. The third-order valence-electron chi connectivity index (χ3n) is 5.50. The number of carboxylic acids is 1. The van der Waals surface area contributed by atoms with Crippen molar-refractivity contribution in [1.82, 2.24) is 4.68 Å². The van der Waals surface area contributed by atoms with Crippen molar-refractivity contribution in [2.75, 3.05) is 12.1 Å². The zero-order valence-corrected chi connectivity index (χ0v) is 15.2. The van der Waals surface area contributed by atoms with Gasteiger partial charge in [-0.05, 0) is 43.9 Å². The average Bonchev–Trinajstić information content (AvgIpc) is 2.90. The van der Waals surface area contributed by atoms with Crippen LogP contribution < -0.4 is 10.4 Å². The minimum absolute atomic E-state index is 0.132. The number of fused-ring (bicyclic) bond motifs is 6. The van der Waals surface area contributed by atoms with Crippen molar-refractivity contribution in [1.29, 1.82) is 0 Å². The average molecular weight is 354 g/mol. The largest absolute Gasteiger partial charge is 0.477 e. The van der Waals surface area contributed by atoms with Gasteiger partial charge in [0.05, 0.1) is 23.9 Å². The van der Waals surface area contributed by atoms with Gasteiger partial charge in [-0.2, -0.15) is 0 Å². The molecule has 4 rings (SSSR count). The number of aromatic nitrogens is 1. The SMILES string of the molecule is COCc1ccc2c(c1)-c1cc(=O)c(C(=O)O)cn1N1C2CCC1(C)C. The number of rotatable bonds is 3. The second-order valence-corrected chi connectivity index (χ2v) is 7.65. The molecule has 2 aromatic rings. The second kappa shape index (κ2) is 5.71. The molecule has 0 radical (unpaired) electrons. The summed E-state index contributed by atoms with van der Waals surface area (Å²) >= 11 is 0. The first-order chi connectivity index (χ1) is 12.3. The molecule has 2 aliphatic rings. The summed E-state index contributed by atoms with van der Waals surface area (Å²) in [7, 11) is 1.65. The van der Waals surface area contributed by atoms with Crippen LogP contribution in [0.25, 0.3) is 11.3 Å². The Morgan fingerprint density at radius 3 is 2.81 bits per heavy atom. The third kappa shape index (κ3) is 2.36. The quantitative estimate of drug-likeness (QED) is 0.918. The number of ether oxygens (including phenoxy) is 1. The van der Waals surface area contributed by atoms with E-state index in [1.807, 2.05) is 10.7 Å². The van der Waals surface area contributed by atoms with Crippen LogP contribution in [0.4, 0.5) is 0 Å². The van der Waals surface area contributed by atoms with Crippen LogP contribution in [0.15, 0.2) is 35.3 Å². The highest BCUT2D eigenvalue weighted by atomic mass is 16.5. The topological polar surface area (TPSA) is 71.8 Å². The number of methoxy groups -OCH3 is 1. The summed E-state index contributed by atoms with van der Waals surface area (Å²) < 4.78 is 7.12. The molecule has 136 valence electrons. The van der Waals surface area contributed by atoms with E-state index in [0.717, 1.165) is 29.7 Å². The number of aromatic carboxylic acids is 1. The van der Waals surface area contributed by atoms with Crippen molar-refractivity contribution in [3.8, 4) is 11.3 Å². The molecule has 0 bridgehead atoms. The zero-order valence-electron chi connectivity index (χ0n) is 15.2. The summed E-state index contributed by atoms with van der Waals surface area (Å²) in [6.07, 6.45) is 3.45. The maximum Gasteiger partial charge on any atom is 0.341 e. The van der Waals surface area contributed by atoms with E-state index >= 15 is 0 Å². The Morgan fingerprint density at radius 2 is 2.12 bits per heavy atom. The van der Waals surface area contributed by atoms with Gasteiger partial charge in [0, 0.05) is 24.9 Å². The van der Waals surface area contributed by atoms with Gasteiger partial charge in [0.1, 0.15) is 5.56 Å². The van der Waals surface area contributed by atoms with Crippen LogP contribution in [-0.2, 0) is 11.3 Å². The van der Waals surface area contributed by atoms with E-state index in [9.17, 15) is 14.7 Å². The summed E-state index contributed by atoms with van der Waals surface area (Å²) in [6, 6.07) is 7.83. The molecule has 6 nitrogen and oxygen atoms in total. The molecule has 1 saturated heterocycles. The number of carbonyl (C=O) groups is 1. The van der Waals surface area contributed by atoms with Gasteiger partial charge in [0.2, 0.25) is 0 Å². The molecule has 0 aliphatic carbocycles. The van der Waals surface area contributed by atoms with Crippen molar-refractivity contribution < 1.29 is 14.6 Å². The highest BCUT2D eigenvalue weighted by molar-refractivity contribution is 5.88. The van der Waals surface area contributed by atoms with Gasteiger partial charge in [-0.15, -0.1) is 0 Å². The van der Waals surface area contributed by atoms with Gasteiger partial charge >= 0.3 is 5.97 Å². The van der Waals surface area contributed by atoms with Crippen LogP contribution in [-0.4, -0.2) is 28.4 Å². The molecule has 6 heteroatoms. The van der Waals surface area contributed by atoms with Crippen LogP contribution >= 0.6 is 0 Å². The summed E-state index contributed by atoms with van der Waals surface area (Å²) in [6.45, 7) is 4.80. The van der Waals surface area contributed by atoms with Crippen LogP contribution in [0.5, 0.6) is 0 Å². The minimum Gasteiger partial charge on any atom is -0.477 e. The number of hydrogen-bond acceptors (Lipinski definition) is 4. The van der Waals surface area contributed by atoms with Crippen LogP contribution in [0.2, 0.25) is 0 Å². The lowest BCUT2D eigenvalue weighted by Gasteiger charge is -2.44. The van der Waals surface area contributed by atoms with Gasteiger partial charge in [0.25, 0.3) is 0 Å². The van der Waals surface area contributed by atoms with Crippen LogP contribution in [0, 0.1) is 0 Å². The molecule has 1 unspecified atom stereocenters. The van der Waals surface area contributed by atoms with E-state index in [2.05, 4.69) is 31.0 Å². The summed E-state index contributed by atoms with van der Waals surface area (Å²) in [5.74, 6) is -1.20. The van der Waals surface area contributed by atoms with Gasteiger partial charge in [0.15, 0.2) is 5.43 Å². The van der Waals surface area contributed by atoms with Crippen LogP contribution in [0.3, 0.4) is 0 Å². The Kier molecular flexibility index (Phi) is 3.70. The fourth-order valence-electron chi connectivity index (χ4n) is 4.31. The molecule has 26 heavy (non-hydrogen) atoms. The molecule has 1 N–H and O–H groups in total. The van der Waals surface area contributed by atoms with Crippen molar-refractivity contribution >= 4 is 5.97 Å². The fraction of sp³-hybridized carbons (Fsp3) is 0.400. The molecule has 2 aliphatic heterocycles. The van der Waals surface area contributed by atoms with E-state index in [1.165, 1.54) is 17.8 Å². The normalized spacial score (nSPS) is 19.7. The van der Waals surface area contributed by atoms with E-state index in [-0.39, 0.29) is 17.1 Å². The predicted molar refractivity (Wildman–Crippen MR) is 98.1 cm³/mol. The van der Waals surface area contributed by atoms with Crippen molar-refractivity contribution in [3.63, 3.8) is 0 Å². The zero-order chi connectivity index (χ0) is 18.6. The van der Waals surface area contributed by atoms with E-state index in [0.29, 0.717) is 6.61 Å². The van der Waals surface area contributed by atoms with Gasteiger partial charge < -0.3 is 9.84 Å². The first kappa shape index (κ1) is 16.8. The summed E-state index contributed by atoms with van der Waals surface area (Å²) in [4.78, 5) is 23.9. The van der Waals surface area contributed by atoms with Gasteiger partial charge in [-0.25, -0.2) is 4.79 Å². The van der Waals surface area contributed by atoms with E-state index in [1.54, 1.807) is 7.11 Å². The Morgan fingerprint density at radius 1 is 1.35 bits per heavy atom. The predicted octanol–water partition coefficient (Wildman–Crippen LogP) is 2.93. The Balaban J connectivity index is 2.01. The number of nitrogens with zero attached hydrogens (tertiary/aromatic N) is 2. The first-order valence-electron chi connectivity index (χ1n) is 8.75. The summed E-state index contributed by atoms with van der Waals surface area (Å²) in [5, 5.41) is 11.6. The molecule has 1 aromatic carbocycles. The molecule has 1 aromatic heterocycles. The lowest BCUT2D eigenvalue weighted by molar-refractivity contribution is 0.0694. The van der Waals surface area contributed by atoms with E-state index < -0.39 is 11.4 Å². The van der Waals surface area contributed by atoms with Gasteiger partial charge in [-0.3, -0.25) is 14.5 Å². The Labute approximate surface area is 151 Å². The molecule has 3 heterocycles. The second-order valence-electron chi connectivity index (χ2n) is 7.65. The molecule has 0 amide bonds. The number of hydrogen-bond donors (Lipinski definition) is 1. The van der Waals surface area contributed by atoms with Crippen LogP contribution in [0.1, 0.15) is 54.2 Å². The van der Waals surface area contributed by atoms with Crippen molar-refractivity contribution in [2.24, 2.45) is 0 Å². The first-order valence-corrected chi connectivity index (χ1v) is 8.75. The molecular weight excluding hydrogens is 332 g/mol. The maximum absolute atomic E-state index is 12.4. The van der Waals surface area contributed by atoms with Crippen molar-refractivity contribution in [2.45, 2.75) is 44.9 Å². The standard InChI is InChI=1S/C20H22N2O4/c1-20(2)7-6-16-13-5-4-12(11-26-3)8-14(13)17-9-18(23)15(19(24)25)10-21(17)22(16)20/h4-5,8-10,16H,6-7,11H2,1-3H3,(H,24,25). The lowest BCUT2D eigenvalue weighted by atomic mass is 9.92. The molecule has 0 spiro atoms. The molecular formula is C20H22N2O4. The molecule has 1 atom stereocenters. The monoisotopic (exact) mass is 354 g/mol. The molecule has 0 saturated carbocycles. The van der Waals surface area contributed by atoms with E-state index in [4.69, 9.17) is 4.74 Å². The lowest BCUT2D eigenvalue weighted by Crippen LogP contribution is -2.50. The number of pyridine rings is 1. The fourth-order valence-corrected chi connectivity index (χ4v) is 4.31. The van der Waals surface area contributed by atoms with Gasteiger partial charge in [-0.1, -0.05) is 12.1 Å². The molecule has 1 fully saturated rings. The van der Waals surface area contributed by atoms with Crippen molar-refractivity contribution in [3.05, 3.63) is 57.4 Å². The maximum atomic E-state index is 12.4.